The number of fused-ring (bicyclic) bond motifs is 6. The Morgan fingerprint density at radius 2 is 1.67 bits per heavy atom. The van der Waals surface area contributed by atoms with Gasteiger partial charge in [0.15, 0.2) is 11.5 Å². The average molecular weight is 579 g/mol. The van der Waals surface area contributed by atoms with Crippen LogP contribution in [0.2, 0.25) is 0 Å². The van der Waals surface area contributed by atoms with E-state index in [2.05, 4.69) is 58.0 Å². The zero-order chi connectivity index (χ0) is 28.5. The lowest BCUT2D eigenvalue weighted by Crippen LogP contribution is -2.40. The summed E-state index contributed by atoms with van der Waals surface area (Å²) in [6.07, 6.45) is 1.89. The van der Waals surface area contributed by atoms with Crippen LogP contribution in [0.5, 0.6) is 17.2 Å². The maximum Gasteiger partial charge on any atom is 0.162 e. The molecule has 0 saturated carbocycles. The predicted octanol–water partition coefficient (Wildman–Crippen LogP) is 7.57. The molecule has 0 radical (unpaired) electrons. The molecule has 0 bridgehead atoms. The highest BCUT2D eigenvalue weighted by Crippen LogP contribution is 2.45. The summed E-state index contributed by atoms with van der Waals surface area (Å²) in [4.78, 5) is 3.70. The average Bonchev–Trinajstić information content (AvgIpc) is 3.34. The molecule has 5 aromatic rings. The number of benzene rings is 4. The van der Waals surface area contributed by atoms with E-state index in [1.54, 1.807) is 14.2 Å². The lowest BCUT2D eigenvalue weighted by molar-refractivity contribution is 0.151. The van der Waals surface area contributed by atoms with Crippen molar-refractivity contribution in [3.8, 4) is 17.2 Å². The van der Waals surface area contributed by atoms with Crippen LogP contribution in [0.15, 0.2) is 95.9 Å². The number of aromatic nitrogens is 1. The van der Waals surface area contributed by atoms with Crippen LogP contribution in [0.25, 0.3) is 10.9 Å². The predicted molar refractivity (Wildman–Crippen MR) is 166 cm³/mol. The number of rotatable bonds is 9. The highest BCUT2D eigenvalue weighted by Gasteiger charge is 2.36. The van der Waals surface area contributed by atoms with Gasteiger partial charge < -0.3 is 18.8 Å². The monoisotopic (exact) mass is 578 g/mol. The van der Waals surface area contributed by atoms with Gasteiger partial charge in [-0.15, -0.1) is 0 Å². The molecule has 3 heterocycles. The summed E-state index contributed by atoms with van der Waals surface area (Å²) >= 11 is 1.42. The third kappa shape index (κ3) is 5.13. The first kappa shape index (κ1) is 27.0. The van der Waals surface area contributed by atoms with Gasteiger partial charge in [-0.1, -0.05) is 48.5 Å². The van der Waals surface area contributed by atoms with Gasteiger partial charge in [0.05, 0.1) is 19.7 Å². The lowest BCUT2D eigenvalue weighted by Gasteiger charge is -2.41. The second-order valence-corrected chi connectivity index (χ2v) is 11.7. The standard InChI is InChI=1S/C35H34N2O4S/c1-38-26-13-14-31-29(18-26)30-19-32-28-20-35(40-22-24-9-5-3-6-10-24)34(39-2)17-25(28)15-16-36(32)21-33(30)37(31)23-41-42-27-11-7-4-8-12-27/h3-14,17-18,20,32H,15-16,19,21-23H2,1-2H3. The first-order valence-electron chi connectivity index (χ1n) is 14.4. The Morgan fingerprint density at radius 1 is 0.857 bits per heavy atom. The second kappa shape index (κ2) is 11.8. The molecule has 1 unspecified atom stereocenters. The third-order valence-electron chi connectivity index (χ3n) is 8.46. The summed E-state index contributed by atoms with van der Waals surface area (Å²) in [5.41, 5.74) is 7.67. The second-order valence-electron chi connectivity index (χ2n) is 10.8. The highest BCUT2D eigenvalue weighted by atomic mass is 32.2. The summed E-state index contributed by atoms with van der Waals surface area (Å²) < 4.78 is 26.3. The minimum Gasteiger partial charge on any atom is -0.497 e. The van der Waals surface area contributed by atoms with Crippen molar-refractivity contribution in [1.82, 2.24) is 9.47 Å². The zero-order valence-electron chi connectivity index (χ0n) is 23.9. The van der Waals surface area contributed by atoms with Crippen LogP contribution in [-0.4, -0.2) is 30.2 Å². The maximum absolute atomic E-state index is 6.33. The van der Waals surface area contributed by atoms with Crippen molar-refractivity contribution in [2.45, 2.75) is 43.7 Å². The van der Waals surface area contributed by atoms with Gasteiger partial charge in [0.2, 0.25) is 0 Å². The fourth-order valence-corrected chi connectivity index (χ4v) is 6.91. The van der Waals surface area contributed by atoms with Crippen LogP contribution in [-0.2, 0) is 36.9 Å². The molecule has 214 valence electrons. The Morgan fingerprint density at radius 3 is 2.45 bits per heavy atom. The quantitative estimate of drug-likeness (QED) is 0.168. The van der Waals surface area contributed by atoms with Crippen molar-refractivity contribution in [2.75, 3.05) is 20.8 Å². The fourth-order valence-electron chi connectivity index (χ4n) is 6.34. The molecule has 2 aliphatic heterocycles. The van der Waals surface area contributed by atoms with Crippen LogP contribution in [0, 0.1) is 0 Å². The molecule has 0 fully saturated rings. The van der Waals surface area contributed by atoms with E-state index in [4.69, 9.17) is 18.4 Å². The summed E-state index contributed by atoms with van der Waals surface area (Å²) in [5, 5.41) is 1.23. The number of hydrogen-bond donors (Lipinski definition) is 0. The Hall–Kier alpha value is -3.91. The highest BCUT2D eigenvalue weighted by molar-refractivity contribution is 7.94. The third-order valence-corrected chi connectivity index (χ3v) is 9.14. The van der Waals surface area contributed by atoms with E-state index in [0.717, 1.165) is 53.6 Å². The van der Waals surface area contributed by atoms with E-state index < -0.39 is 0 Å². The van der Waals surface area contributed by atoms with Crippen LogP contribution >= 0.6 is 12.0 Å². The summed E-state index contributed by atoms with van der Waals surface area (Å²) in [6.45, 7) is 2.83. The summed E-state index contributed by atoms with van der Waals surface area (Å²) in [6, 6.07) is 31.6. The minimum absolute atomic E-state index is 0.260. The van der Waals surface area contributed by atoms with Gasteiger partial charge in [0.25, 0.3) is 0 Å². The van der Waals surface area contributed by atoms with Crippen LogP contribution < -0.4 is 14.2 Å². The van der Waals surface area contributed by atoms with Crippen molar-refractivity contribution < 1.29 is 18.4 Å². The number of methoxy groups -OCH3 is 2. The molecular formula is C35H34N2O4S. The Kier molecular flexibility index (Phi) is 7.55. The van der Waals surface area contributed by atoms with E-state index in [0.29, 0.717) is 13.3 Å². The molecule has 0 N–H and O–H groups in total. The van der Waals surface area contributed by atoms with Gasteiger partial charge in [-0.2, -0.15) is 0 Å². The van der Waals surface area contributed by atoms with Crippen LogP contribution in [0.4, 0.5) is 0 Å². The maximum atomic E-state index is 6.33. The minimum atomic E-state index is 0.260. The van der Waals surface area contributed by atoms with Gasteiger partial charge in [-0.05, 0) is 77.6 Å². The van der Waals surface area contributed by atoms with Crippen molar-refractivity contribution >= 4 is 22.9 Å². The first-order valence-corrected chi connectivity index (χ1v) is 15.1. The molecule has 0 aliphatic carbocycles. The van der Waals surface area contributed by atoms with Crippen molar-refractivity contribution in [2.24, 2.45) is 0 Å². The normalized spacial score (nSPS) is 16.0. The summed E-state index contributed by atoms with van der Waals surface area (Å²) in [5.74, 6) is 2.46. The Labute approximate surface area is 251 Å². The largest absolute Gasteiger partial charge is 0.497 e. The van der Waals surface area contributed by atoms with Crippen LogP contribution in [0.3, 0.4) is 0 Å². The van der Waals surface area contributed by atoms with Gasteiger partial charge in [-0.3, -0.25) is 9.08 Å². The molecule has 0 amide bonds. The van der Waals surface area contributed by atoms with E-state index in [1.807, 2.05) is 42.5 Å². The van der Waals surface area contributed by atoms with Gasteiger partial charge in [0, 0.05) is 47.1 Å². The van der Waals surface area contributed by atoms with Crippen molar-refractivity contribution in [3.63, 3.8) is 0 Å². The summed E-state index contributed by atoms with van der Waals surface area (Å²) in [7, 11) is 3.45. The molecule has 4 aromatic carbocycles. The molecular weight excluding hydrogens is 544 g/mol. The van der Waals surface area contributed by atoms with Gasteiger partial charge >= 0.3 is 0 Å². The Balaban J connectivity index is 1.22. The fraction of sp³-hybridized carbons (Fsp3) is 0.257. The number of nitrogens with zero attached hydrogens (tertiary/aromatic N) is 2. The number of ether oxygens (including phenoxy) is 3. The zero-order valence-corrected chi connectivity index (χ0v) is 24.7. The van der Waals surface area contributed by atoms with E-state index in [-0.39, 0.29) is 6.04 Å². The van der Waals surface area contributed by atoms with E-state index in [9.17, 15) is 0 Å². The Bertz CT molecular complexity index is 1700. The molecule has 0 saturated heterocycles. The molecule has 42 heavy (non-hydrogen) atoms. The van der Waals surface area contributed by atoms with Gasteiger partial charge in [0.1, 0.15) is 19.1 Å². The van der Waals surface area contributed by atoms with Crippen molar-refractivity contribution in [1.29, 1.82) is 0 Å². The lowest BCUT2D eigenvalue weighted by atomic mass is 9.85. The first-order chi connectivity index (χ1) is 20.7. The van der Waals surface area contributed by atoms with Gasteiger partial charge in [-0.25, -0.2) is 0 Å². The molecule has 1 atom stereocenters. The molecule has 2 aliphatic rings. The topological polar surface area (TPSA) is 45.1 Å². The SMILES string of the molecule is COc1ccc2c(c1)c1c(n2COSc2ccccc2)CN2CCc3cc(OC)c(OCc4ccccc4)cc3C2C1. The molecule has 1 aromatic heterocycles. The molecule has 7 heteroatoms. The smallest absolute Gasteiger partial charge is 0.162 e. The van der Waals surface area contributed by atoms with Crippen molar-refractivity contribution in [3.05, 3.63) is 119 Å². The molecule has 0 spiro atoms. The molecule has 7 rings (SSSR count). The molecule has 6 nitrogen and oxygen atoms in total. The van der Waals surface area contributed by atoms with Crippen LogP contribution in [0.1, 0.15) is 34.0 Å². The number of hydrogen-bond acceptors (Lipinski definition) is 6. The van der Waals surface area contributed by atoms with E-state index in [1.165, 1.54) is 45.3 Å². The van der Waals surface area contributed by atoms with E-state index >= 15 is 0 Å².